The van der Waals surface area contributed by atoms with Crippen molar-refractivity contribution in [3.63, 3.8) is 0 Å². The predicted molar refractivity (Wildman–Crippen MR) is 52.7 cm³/mol. The molecule has 2 atom stereocenters. The number of rotatable bonds is 4. The number of methoxy groups -OCH3 is 1. The normalized spacial score (nSPS) is 23.6. The third kappa shape index (κ3) is 3.44. The second kappa shape index (κ2) is 5.28. The monoisotopic (exact) mass is 244 g/mol. The van der Waals surface area contributed by atoms with Gasteiger partial charge in [0.25, 0.3) is 0 Å². The minimum atomic E-state index is -1.20. The molecule has 1 rings (SSSR count). The molecule has 0 aromatic heterocycles. The number of esters is 1. The summed E-state index contributed by atoms with van der Waals surface area (Å²) in [5, 5.41) is 13.0. The van der Waals surface area contributed by atoms with Crippen LogP contribution in [-0.4, -0.2) is 48.1 Å². The predicted octanol–water partition coefficient (Wildman–Crippen LogP) is -1.99. The van der Waals surface area contributed by atoms with E-state index in [1.807, 2.05) is 0 Å². The lowest BCUT2D eigenvalue weighted by Gasteiger charge is -2.28. The molecular formula is C9H12N2O6. The van der Waals surface area contributed by atoms with Gasteiger partial charge in [0.1, 0.15) is 12.1 Å². The molecule has 0 radical (unpaired) electrons. The number of hydrogen-bond acceptors (Lipinski definition) is 5. The van der Waals surface area contributed by atoms with Crippen LogP contribution >= 0.6 is 0 Å². The summed E-state index contributed by atoms with van der Waals surface area (Å²) >= 11 is 0. The number of piperazine rings is 1. The number of carboxylic acid groups (broad SMARTS) is 1. The van der Waals surface area contributed by atoms with Crippen molar-refractivity contribution in [3.8, 4) is 0 Å². The number of amides is 2. The van der Waals surface area contributed by atoms with Gasteiger partial charge < -0.3 is 20.5 Å². The van der Waals surface area contributed by atoms with Gasteiger partial charge in [-0.25, -0.2) is 0 Å². The van der Waals surface area contributed by atoms with Crippen molar-refractivity contribution >= 4 is 23.8 Å². The zero-order valence-corrected chi connectivity index (χ0v) is 9.06. The maximum atomic E-state index is 11.5. The number of nitrogens with one attached hydrogen (secondary N) is 2. The highest BCUT2D eigenvalue weighted by Crippen LogP contribution is 2.05. The van der Waals surface area contributed by atoms with Crippen LogP contribution in [0.15, 0.2) is 0 Å². The van der Waals surface area contributed by atoms with Gasteiger partial charge in [0.15, 0.2) is 0 Å². The Morgan fingerprint density at radius 2 is 1.65 bits per heavy atom. The first-order chi connectivity index (χ1) is 7.93. The van der Waals surface area contributed by atoms with Crippen LogP contribution in [0.5, 0.6) is 0 Å². The number of carbonyl (C=O) groups excluding carboxylic acids is 3. The SMILES string of the molecule is COC(=O)CC1NC(=O)C(CC(=O)O)NC1=O. The molecule has 0 spiro atoms. The van der Waals surface area contributed by atoms with E-state index in [4.69, 9.17) is 5.11 Å². The van der Waals surface area contributed by atoms with Crippen molar-refractivity contribution in [2.24, 2.45) is 0 Å². The Balaban J connectivity index is 2.61. The molecule has 1 aliphatic rings. The van der Waals surface area contributed by atoms with Crippen molar-refractivity contribution in [2.45, 2.75) is 24.9 Å². The summed E-state index contributed by atoms with van der Waals surface area (Å²) in [7, 11) is 1.16. The Morgan fingerprint density at radius 1 is 1.18 bits per heavy atom. The van der Waals surface area contributed by atoms with Crippen molar-refractivity contribution in [1.82, 2.24) is 10.6 Å². The topological polar surface area (TPSA) is 122 Å². The lowest BCUT2D eigenvalue weighted by molar-refractivity contribution is -0.147. The maximum Gasteiger partial charge on any atom is 0.308 e. The van der Waals surface area contributed by atoms with Crippen LogP contribution in [0, 0.1) is 0 Å². The molecule has 1 heterocycles. The average molecular weight is 244 g/mol. The molecule has 0 aromatic carbocycles. The first-order valence-corrected chi connectivity index (χ1v) is 4.83. The summed E-state index contributed by atoms with van der Waals surface area (Å²) < 4.78 is 4.36. The highest BCUT2D eigenvalue weighted by atomic mass is 16.5. The van der Waals surface area contributed by atoms with Gasteiger partial charge in [0, 0.05) is 0 Å². The summed E-state index contributed by atoms with van der Waals surface area (Å²) in [5.74, 6) is -3.05. The largest absolute Gasteiger partial charge is 0.481 e. The summed E-state index contributed by atoms with van der Waals surface area (Å²) in [5.41, 5.74) is 0. The number of aliphatic carboxylic acids is 1. The second-order valence-corrected chi connectivity index (χ2v) is 3.50. The Hall–Kier alpha value is -2.12. The molecule has 17 heavy (non-hydrogen) atoms. The fourth-order valence-corrected chi connectivity index (χ4v) is 1.39. The summed E-state index contributed by atoms with van der Waals surface area (Å²) in [6.45, 7) is 0. The van der Waals surface area contributed by atoms with E-state index in [1.165, 1.54) is 0 Å². The zero-order chi connectivity index (χ0) is 13.0. The van der Waals surface area contributed by atoms with Crippen LogP contribution in [0.1, 0.15) is 12.8 Å². The van der Waals surface area contributed by atoms with E-state index >= 15 is 0 Å². The molecule has 94 valence electrons. The number of carbonyl (C=O) groups is 4. The minimum absolute atomic E-state index is 0.284. The molecule has 0 bridgehead atoms. The Bertz CT molecular complexity index is 366. The maximum absolute atomic E-state index is 11.5. The molecule has 3 N–H and O–H groups in total. The van der Waals surface area contributed by atoms with Crippen molar-refractivity contribution in [3.05, 3.63) is 0 Å². The first-order valence-electron chi connectivity index (χ1n) is 4.83. The van der Waals surface area contributed by atoms with Crippen molar-refractivity contribution < 1.29 is 29.0 Å². The Morgan fingerprint density at radius 3 is 2.06 bits per heavy atom. The first kappa shape index (κ1) is 12.9. The van der Waals surface area contributed by atoms with E-state index in [0.29, 0.717) is 0 Å². The van der Waals surface area contributed by atoms with Crippen LogP contribution in [0.4, 0.5) is 0 Å². The average Bonchev–Trinajstić information content (AvgIpc) is 2.24. The second-order valence-electron chi connectivity index (χ2n) is 3.50. The van der Waals surface area contributed by atoms with Gasteiger partial charge in [-0.2, -0.15) is 0 Å². The van der Waals surface area contributed by atoms with Gasteiger partial charge in [0.2, 0.25) is 11.8 Å². The Labute approximate surface area is 96.3 Å². The van der Waals surface area contributed by atoms with Crippen LogP contribution in [0.2, 0.25) is 0 Å². The van der Waals surface area contributed by atoms with Gasteiger partial charge in [-0.05, 0) is 0 Å². The van der Waals surface area contributed by atoms with Gasteiger partial charge in [-0.3, -0.25) is 19.2 Å². The molecule has 0 aromatic rings. The van der Waals surface area contributed by atoms with Gasteiger partial charge in [-0.1, -0.05) is 0 Å². The van der Waals surface area contributed by atoms with Crippen molar-refractivity contribution in [2.75, 3.05) is 7.11 Å². The number of hydrogen-bond donors (Lipinski definition) is 3. The molecule has 1 aliphatic heterocycles. The molecule has 0 saturated carbocycles. The third-order valence-electron chi connectivity index (χ3n) is 2.24. The van der Waals surface area contributed by atoms with E-state index in [0.717, 1.165) is 7.11 Å². The number of ether oxygens (including phenoxy) is 1. The Kier molecular flexibility index (Phi) is 4.02. The fourth-order valence-electron chi connectivity index (χ4n) is 1.39. The molecule has 8 heteroatoms. The highest BCUT2D eigenvalue weighted by molar-refractivity contribution is 5.99. The molecule has 1 fully saturated rings. The van der Waals surface area contributed by atoms with Gasteiger partial charge in [0.05, 0.1) is 20.0 Å². The van der Waals surface area contributed by atoms with E-state index in [2.05, 4.69) is 15.4 Å². The molecule has 1 saturated heterocycles. The summed E-state index contributed by atoms with van der Waals surface area (Å²) in [6, 6.07) is -2.12. The minimum Gasteiger partial charge on any atom is -0.481 e. The van der Waals surface area contributed by atoms with E-state index < -0.39 is 42.3 Å². The lowest BCUT2D eigenvalue weighted by Crippen LogP contribution is -2.62. The third-order valence-corrected chi connectivity index (χ3v) is 2.24. The fraction of sp³-hybridized carbons (Fsp3) is 0.556. The van der Waals surface area contributed by atoms with Crippen LogP contribution < -0.4 is 10.6 Å². The summed E-state index contributed by atoms with van der Waals surface area (Å²) in [6.07, 6.45) is -0.781. The summed E-state index contributed by atoms with van der Waals surface area (Å²) in [4.78, 5) is 44.2. The van der Waals surface area contributed by atoms with E-state index in [1.54, 1.807) is 0 Å². The molecule has 0 aliphatic carbocycles. The van der Waals surface area contributed by atoms with Crippen LogP contribution in [-0.2, 0) is 23.9 Å². The van der Waals surface area contributed by atoms with Gasteiger partial charge in [-0.15, -0.1) is 0 Å². The molecule has 2 amide bonds. The standard InChI is InChI=1S/C9H12N2O6/c1-17-7(14)3-5-9(16)10-4(2-6(12)13)8(15)11-5/h4-5H,2-3H2,1H3,(H,10,16)(H,11,15)(H,12,13). The van der Waals surface area contributed by atoms with E-state index in [-0.39, 0.29) is 6.42 Å². The molecule has 2 unspecified atom stereocenters. The molecule has 8 nitrogen and oxygen atoms in total. The lowest BCUT2D eigenvalue weighted by atomic mass is 10.1. The van der Waals surface area contributed by atoms with Gasteiger partial charge >= 0.3 is 11.9 Å². The highest BCUT2D eigenvalue weighted by Gasteiger charge is 2.35. The zero-order valence-electron chi connectivity index (χ0n) is 9.06. The van der Waals surface area contributed by atoms with Crippen LogP contribution in [0.25, 0.3) is 0 Å². The van der Waals surface area contributed by atoms with Crippen molar-refractivity contribution in [1.29, 1.82) is 0 Å². The van der Waals surface area contributed by atoms with Crippen LogP contribution in [0.3, 0.4) is 0 Å². The smallest absolute Gasteiger partial charge is 0.308 e. The molecular weight excluding hydrogens is 232 g/mol. The van der Waals surface area contributed by atoms with E-state index in [9.17, 15) is 19.2 Å². The quantitative estimate of drug-likeness (QED) is 0.492. The number of carboxylic acids is 1.